The molecule has 2 aliphatic carbocycles. The van der Waals surface area contributed by atoms with E-state index >= 15 is 0 Å². The Balaban J connectivity index is 1.75. The molecule has 2 heterocycles. The Labute approximate surface area is 89.3 Å². The molecule has 3 nitrogen and oxygen atoms in total. The van der Waals surface area contributed by atoms with E-state index in [9.17, 15) is 0 Å². The quantitative estimate of drug-likeness (QED) is 0.742. The van der Waals surface area contributed by atoms with E-state index in [0.29, 0.717) is 11.8 Å². The summed E-state index contributed by atoms with van der Waals surface area (Å²) in [5.41, 5.74) is 2.78. The molecule has 0 radical (unpaired) electrons. The first-order chi connectivity index (χ1) is 7.42. The van der Waals surface area contributed by atoms with Crippen molar-refractivity contribution >= 4 is 0 Å². The summed E-state index contributed by atoms with van der Waals surface area (Å²) >= 11 is 0. The molecular formula is C12H15N3. The van der Waals surface area contributed by atoms with Gasteiger partial charge in [0, 0.05) is 30.3 Å². The minimum Gasteiger partial charge on any atom is -0.316 e. The molecule has 0 spiro atoms. The highest BCUT2D eigenvalue weighted by Gasteiger charge is 2.38. The minimum absolute atomic E-state index is 0.689. The molecule has 1 aromatic heterocycles. The van der Waals surface area contributed by atoms with Crippen LogP contribution in [0.15, 0.2) is 6.20 Å². The van der Waals surface area contributed by atoms with E-state index in [0.717, 1.165) is 18.3 Å². The largest absolute Gasteiger partial charge is 0.316 e. The van der Waals surface area contributed by atoms with Crippen LogP contribution >= 0.6 is 0 Å². The van der Waals surface area contributed by atoms with Crippen molar-refractivity contribution in [1.82, 2.24) is 15.3 Å². The Morgan fingerprint density at radius 1 is 1.27 bits per heavy atom. The van der Waals surface area contributed by atoms with Gasteiger partial charge >= 0.3 is 0 Å². The highest BCUT2D eigenvalue weighted by molar-refractivity contribution is 5.32. The van der Waals surface area contributed by atoms with E-state index < -0.39 is 0 Å². The molecule has 0 bridgehead atoms. The van der Waals surface area contributed by atoms with Gasteiger partial charge in [0.05, 0.1) is 0 Å². The van der Waals surface area contributed by atoms with Crippen LogP contribution in [0.4, 0.5) is 0 Å². The summed E-state index contributed by atoms with van der Waals surface area (Å²) in [5.74, 6) is 3.30. The van der Waals surface area contributed by atoms with Crippen LogP contribution in [0.1, 0.15) is 41.8 Å². The first kappa shape index (κ1) is 8.22. The van der Waals surface area contributed by atoms with Crippen LogP contribution in [-0.2, 0) is 6.42 Å². The fourth-order valence-electron chi connectivity index (χ4n) is 3.01. The van der Waals surface area contributed by atoms with Crippen molar-refractivity contribution in [2.24, 2.45) is 5.92 Å². The van der Waals surface area contributed by atoms with Gasteiger partial charge in [0.1, 0.15) is 5.82 Å². The molecule has 15 heavy (non-hydrogen) atoms. The van der Waals surface area contributed by atoms with E-state index in [1.165, 1.54) is 37.1 Å². The van der Waals surface area contributed by atoms with Crippen LogP contribution < -0.4 is 5.32 Å². The van der Waals surface area contributed by atoms with Gasteiger partial charge in [-0.15, -0.1) is 0 Å². The monoisotopic (exact) mass is 201 g/mol. The molecule has 3 heteroatoms. The van der Waals surface area contributed by atoms with Gasteiger partial charge in [0.2, 0.25) is 0 Å². The van der Waals surface area contributed by atoms with Gasteiger partial charge in [0.25, 0.3) is 0 Å². The molecule has 1 saturated carbocycles. The van der Waals surface area contributed by atoms with Crippen molar-refractivity contribution < 1.29 is 0 Å². The number of hydrogen-bond acceptors (Lipinski definition) is 3. The lowest BCUT2D eigenvalue weighted by molar-refractivity contribution is 0.562. The third kappa shape index (κ3) is 1.16. The average Bonchev–Trinajstić information content (AvgIpc) is 2.90. The summed E-state index contributed by atoms with van der Waals surface area (Å²) < 4.78 is 0. The van der Waals surface area contributed by atoms with Gasteiger partial charge in [-0.25, -0.2) is 9.97 Å². The van der Waals surface area contributed by atoms with Gasteiger partial charge in [-0.1, -0.05) is 0 Å². The first-order valence-electron chi connectivity index (χ1n) is 5.98. The molecule has 2 unspecified atom stereocenters. The molecule has 0 aromatic carbocycles. The summed E-state index contributed by atoms with van der Waals surface area (Å²) in [5, 5.41) is 3.46. The van der Waals surface area contributed by atoms with Crippen molar-refractivity contribution in [2.75, 3.05) is 13.1 Å². The molecule has 1 saturated heterocycles. The SMILES string of the molecule is c1nc(C2CC2)nc2c1C1CNCC1C2. The Morgan fingerprint density at radius 3 is 3.07 bits per heavy atom. The Hall–Kier alpha value is -0.960. The average molecular weight is 201 g/mol. The van der Waals surface area contributed by atoms with Gasteiger partial charge in [0.15, 0.2) is 0 Å². The normalized spacial score (nSPS) is 32.8. The molecule has 78 valence electrons. The summed E-state index contributed by atoms with van der Waals surface area (Å²) in [6, 6.07) is 0. The van der Waals surface area contributed by atoms with Crippen LogP contribution in [-0.4, -0.2) is 23.1 Å². The fraction of sp³-hybridized carbons (Fsp3) is 0.667. The van der Waals surface area contributed by atoms with E-state index in [2.05, 4.69) is 16.5 Å². The lowest BCUT2D eigenvalue weighted by Gasteiger charge is -2.07. The van der Waals surface area contributed by atoms with Crippen molar-refractivity contribution in [3.05, 3.63) is 23.3 Å². The second-order valence-electron chi connectivity index (χ2n) is 5.13. The zero-order chi connectivity index (χ0) is 9.83. The number of aromatic nitrogens is 2. The van der Waals surface area contributed by atoms with Crippen molar-refractivity contribution in [3.8, 4) is 0 Å². The van der Waals surface area contributed by atoms with Gasteiger partial charge < -0.3 is 5.32 Å². The molecule has 2 atom stereocenters. The second kappa shape index (κ2) is 2.79. The van der Waals surface area contributed by atoms with Crippen LogP contribution in [0.25, 0.3) is 0 Å². The summed E-state index contributed by atoms with van der Waals surface area (Å²) in [7, 11) is 0. The number of nitrogens with zero attached hydrogens (tertiary/aromatic N) is 2. The van der Waals surface area contributed by atoms with Crippen LogP contribution in [0.5, 0.6) is 0 Å². The third-order valence-corrected chi connectivity index (χ3v) is 4.06. The minimum atomic E-state index is 0.689. The van der Waals surface area contributed by atoms with E-state index in [1.54, 1.807) is 0 Å². The highest BCUT2D eigenvalue weighted by atomic mass is 15.0. The third-order valence-electron chi connectivity index (χ3n) is 4.06. The zero-order valence-electron chi connectivity index (χ0n) is 8.74. The Bertz CT molecular complexity index is 411. The lowest BCUT2D eigenvalue weighted by Crippen LogP contribution is -2.11. The molecule has 4 rings (SSSR count). The molecule has 1 aliphatic heterocycles. The molecule has 1 N–H and O–H groups in total. The second-order valence-corrected chi connectivity index (χ2v) is 5.13. The smallest absolute Gasteiger partial charge is 0.131 e. The van der Waals surface area contributed by atoms with Crippen molar-refractivity contribution in [2.45, 2.75) is 31.1 Å². The van der Waals surface area contributed by atoms with E-state index in [1.807, 2.05) is 0 Å². The highest BCUT2D eigenvalue weighted by Crippen LogP contribution is 2.42. The Kier molecular flexibility index (Phi) is 1.53. The molecular weight excluding hydrogens is 186 g/mol. The number of rotatable bonds is 1. The molecule has 3 aliphatic rings. The number of fused-ring (bicyclic) bond motifs is 3. The van der Waals surface area contributed by atoms with Gasteiger partial charge in [-0.3, -0.25) is 0 Å². The summed E-state index contributed by atoms with van der Waals surface area (Å²) in [6.07, 6.45) is 5.88. The molecule has 2 fully saturated rings. The number of hydrogen-bond donors (Lipinski definition) is 1. The van der Waals surface area contributed by atoms with Crippen molar-refractivity contribution in [3.63, 3.8) is 0 Å². The topological polar surface area (TPSA) is 37.8 Å². The lowest BCUT2D eigenvalue weighted by atomic mass is 9.98. The summed E-state index contributed by atoms with van der Waals surface area (Å²) in [4.78, 5) is 9.29. The van der Waals surface area contributed by atoms with Crippen LogP contribution in [0, 0.1) is 5.92 Å². The van der Waals surface area contributed by atoms with Crippen molar-refractivity contribution in [1.29, 1.82) is 0 Å². The van der Waals surface area contributed by atoms with Gasteiger partial charge in [-0.05, 0) is 37.3 Å². The maximum atomic E-state index is 4.76. The molecule has 1 aromatic rings. The van der Waals surface area contributed by atoms with E-state index in [-0.39, 0.29) is 0 Å². The predicted molar refractivity (Wildman–Crippen MR) is 56.8 cm³/mol. The van der Waals surface area contributed by atoms with Gasteiger partial charge in [-0.2, -0.15) is 0 Å². The zero-order valence-corrected chi connectivity index (χ0v) is 8.74. The Morgan fingerprint density at radius 2 is 2.20 bits per heavy atom. The molecule has 0 amide bonds. The first-order valence-corrected chi connectivity index (χ1v) is 5.98. The standard InChI is InChI=1S/C12H15N3/c1-2-7(1)12-14-6-10-9-5-13-4-8(9)3-11(10)15-12/h6-9,13H,1-5H2. The van der Waals surface area contributed by atoms with E-state index in [4.69, 9.17) is 4.98 Å². The summed E-state index contributed by atoms with van der Waals surface area (Å²) in [6.45, 7) is 2.30. The predicted octanol–water partition coefficient (Wildman–Crippen LogP) is 1.21. The number of nitrogens with one attached hydrogen (secondary N) is 1. The fourth-order valence-corrected chi connectivity index (χ4v) is 3.01. The van der Waals surface area contributed by atoms with Crippen LogP contribution in [0.2, 0.25) is 0 Å². The van der Waals surface area contributed by atoms with Crippen LogP contribution in [0.3, 0.4) is 0 Å². The maximum Gasteiger partial charge on any atom is 0.131 e. The maximum absolute atomic E-state index is 4.76.